The summed E-state index contributed by atoms with van der Waals surface area (Å²) >= 11 is 0. The first-order chi connectivity index (χ1) is 8.54. The van der Waals surface area contributed by atoms with Gasteiger partial charge in [-0.3, -0.25) is 0 Å². The third kappa shape index (κ3) is 4.69. The molecule has 0 unspecified atom stereocenters. The summed E-state index contributed by atoms with van der Waals surface area (Å²) in [5.41, 5.74) is 3.82. The van der Waals surface area contributed by atoms with E-state index in [4.69, 9.17) is 4.74 Å². The van der Waals surface area contributed by atoms with E-state index in [1.807, 2.05) is 0 Å². The number of hydrogen-bond acceptors (Lipinski definition) is 2. The van der Waals surface area contributed by atoms with Crippen molar-refractivity contribution in [3.63, 3.8) is 0 Å². The third-order valence-corrected chi connectivity index (χ3v) is 2.84. The topological polar surface area (TPSA) is 21.3 Å². The highest BCUT2D eigenvalue weighted by atomic mass is 16.5. The van der Waals surface area contributed by atoms with Gasteiger partial charge in [0.25, 0.3) is 0 Å². The number of benzene rings is 1. The summed E-state index contributed by atoms with van der Waals surface area (Å²) in [5, 5.41) is 3.43. The average Bonchev–Trinajstić information content (AvgIpc) is 2.28. The Balaban J connectivity index is 2.71. The van der Waals surface area contributed by atoms with E-state index in [1.54, 1.807) is 0 Å². The van der Waals surface area contributed by atoms with Crippen molar-refractivity contribution in [2.75, 3.05) is 13.2 Å². The fourth-order valence-corrected chi connectivity index (χ4v) is 2.03. The van der Waals surface area contributed by atoms with Crippen molar-refractivity contribution in [1.29, 1.82) is 0 Å². The second-order valence-corrected chi connectivity index (χ2v) is 5.44. The lowest BCUT2D eigenvalue weighted by Gasteiger charge is -2.15. The second-order valence-electron chi connectivity index (χ2n) is 5.44. The molecule has 0 saturated heterocycles. The lowest BCUT2D eigenvalue weighted by molar-refractivity contribution is 0.267. The molecule has 102 valence electrons. The van der Waals surface area contributed by atoms with Gasteiger partial charge in [-0.05, 0) is 49.4 Å². The first kappa shape index (κ1) is 15.0. The van der Waals surface area contributed by atoms with Gasteiger partial charge in [-0.1, -0.05) is 32.9 Å². The van der Waals surface area contributed by atoms with Gasteiger partial charge in [0.2, 0.25) is 0 Å². The Morgan fingerprint density at radius 1 is 1.17 bits per heavy atom. The van der Waals surface area contributed by atoms with Crippen molar-refractivity contribution in [3.05, 3.63) is 28.8 Å². The first-order valence-corrected chi connectivity index (χ1v) is 6.98. The van der Waals surface area contributed by atoms with Crippen LogP contribution in [0.2, 0.25) is 0 Å². The molecule has 0 aliphatic heterocycles. The van der Waals surface area contributed by atoms with Crippen molar-refractivity contribution in [3.8, 4) is 5.75 Å². The van der Waals surface area contributed by atoms with Gasteiger partial charge >= 0.3 is 0 Å². The number of hydrogen-bond donors (Lipinski definition) is 1. The molecule has 2 heteroatoms. The molecule has 0 aliphatic rings. The number of nitrogens with one attached hydrogen (secondary N) is 1. The van der Waals surface area contributed by atoms with Crippen LogP contribution >= 0.6 is 0 Å². The standard InChI is InChI=1S/C16H27NO/c1-6-7-17-10-15-8-13(4)16(14(5)9-15)18-11-12(2)3/h8-9,12,17H,6-7,10-11H2,1-5H3. The minimum Gasteiger partial charge on any atom is -0.493 e. The molecule has 1 aromatic rings. The Morgan fingerprint density at radius 3 is 2.28 bits per heavy atom. The molecule has 0 saturated carbocycles. The maximum atomic E-state index is 5.89. The lowest BCUT2D eigenvalue weighted by Crippen LogP contribution is -2.14. The van der Waals surface area contributed by atoms with Gasteiger partial charge < -0.3 is 10.1 Å². The molecule has 0 spiro atoms. The van der Waals surface area contributed by atoms with Crippen LogP contribution < -0.4 is 10.1 Å². The van der Waals surface area contributed by atoms with E-state index in [-0.39, 0.29) is 0 Å². The van der Waals surface area contributed by atoms with Gasteiger partial charge in [-0.2, -0.15) is 0 Å². The lowest BCUT2D eigenvalue weighted by atomic mass is 10.1. The minimum absolute atomic E-state index is 0.565. The molecular weight excluding hydrogens is 222 g/mol. The predicted molar refractivity (Wildman–Crippen MR) is 78.2 cm³/mol. The summed E-state index contributed by atoms with van der Waals surface area (Å²) in [6, 6.07) is 4.46. The summed E-state index contributed by atoms with van der Waals surface area (Å²) in [5.74, 6) is 1.62. The van der Waals surface area contributed by atoms with Gasteiger partial charge in [-0.15, -0.1) is 0 Å². The second kappa shape index (κ2) is 7.42. The summed E-state index contributed by atoms with van der Waals surface area (Å²) in [7, 11) is 0. The highest BCUT2D eigenvalue weighted by Gasteiger charge is 2.07. The van der Waals surface area contributed by atoms with E-state index in [1.165, 1.54) is 23.1 Å². The van der Waals surface area contributed by atoms with Gasteiger partial charge in [0.15, 0.2) is 0 Å². The van der Waals surface area contributed by atoms with E-state index in [2.05, 4.69) is 52.1 Å². The van der Waals surface area contributed by atoms with Crippen LogP contribution in [0.25, 0.3) is 0 Å². The molecule has 1 aromatic carbocycles. The normalized spacial score (nSPS) is 11.0. The molecule has 18 heavy (non-hydrogen) atoms. The smallest absolute Gasteiger partial charge is 0.125 e. The Labute approximate surface area is 112 Å². The van der Waals surface area contributed by atoms with Crippen LogP contribution in [0.5, 0.6) is 5.75 Å². The highest BCUT2D eigenvalue weighted by molar-refractivity contribution is 5.43. The third-order valence-electron chi connectivity index (χ3n) is 2.84. The minimum atomic E-state index is 0.565. The van der Waals surface area contributed by atoms with Gasteiger partial charge in [-0.25, -0.2) is 0 Å². The zero-order valence-electron chi connectivity index (χ0n) is 12.5. The van der Waals surface area contributed by atoms with Crippen LogP contribution in [0.1, 0.15) is 43.9 Å². The predicted octanol–water partition coefficient (Wildman–Crippen LogP) is 3.84. The first-order valence-electron chi connectivity index (χ1n) is 6.98. The summed E-state index contributed by atoms with van der Waals surface area (Å²) < 4.78 is 5.89. The molecule has 1 N–H and O–H groups in total. The molecular formula is C16H27NO. The van der Waals surface area contributed by atoms with Crippen molar-refractivity contribution in [2.24, 2.45) is 5.92 Å². The molecule has 0 amide bonds. The number of rotatable bonds is 7. The summed E-state index contributed by atoms with van der Waals surface area (Å²) in [4.78, 5) is 0. The van der Waals surface area contributed by atoms with E-state index < -0.39 is 0 Å². The quantitative estimate of drug-likeness (QED) is 0.741. The Kier molecular flexibility index (Phi) is 6.20. The summed E-state index contributed by atoms with van der Waals surface area (Å²) in [6.07, 6.45) is 1.17. The van der Waals surface area contributed by atoms with Crippen molar-refractivity contribution < 1.29 is 4.74 Å². The van der Waals surface area contributed by atoms with Crippen LogP contribution in [-0.4, -0.2) is 13.2 Å². The zero-order valence-corrected chi connectivity index (χ0v) is 12.5. The maximum Gasteiger partial charge on any atom is 0.125 e. The summed E-state index contributed by atoms with van der Waals surface area (Å²) in [6.45, 7) is 13.6. The largest absolute Gasteiger partial charge is 0.493 e. The zero-order chi connectivity index (χ0) is 13.5. The molecule has 0 radical (unpaired) electrons. The molecule has 0 aromatic heterocycles. The molecule has 0 heterocycles. The molecule has 2 nitrogen and oxygen atoms in total. The molecule has 0 fully saturated rings. The van der Waals surface area contributed by atoms with E-state index >= 15 is 0 Å². The van der Waals surface area contributed by atoms with Crippen molar-refractivity contribution in [2.45, 2.75) is 47.6 Å². The fourth-order valence-electron chi connectivity index (χ4n) is 2.03. The van der Waals surface area contributed by atoms with E-state index in [0.29, 0.717) is 5.92 Å². The monoisotopic (exact) mass is 249 g/mol. The highest BCUT2D eigenvalue weighted by Crippen LogP contribution is 2.25. The molecule has 0 bridgehead atoms. The van der Waals surface area contributed by atoms with Gasteiger partial charge in [0.1, 0.15) is 5.75 Å². The molecule has 0 aliphatic carbocycles. The van der Waals surface area contributed by atoms with Crippen molar-refractivity contribution >= 4 is 0 Å². The fraction of sp³-hybridized carbons (Fsp3) is 0.625. The van der Waals surface area contributed by atoms with Crippen LogP contribution in [0.3, 0.4) is 0 Å². The Morgan fingerprint density at radius 2 is 1.78 bits per heavy atom. The Hall–Kier alpha value is -1.02. The van der Waals surface area contributed by atoms with Crippen LogP contribution in [0.4, 0.5) is 0 Å². The number of aryl methyl sites for hydroxylation is 2. The van der Waals surface area contributed by atoms with Crippen LogP contribution in [0, 0.1) is 19.8 Å². The van der Waals surface area contributed by atoms with Gasteiger partial charge in [0, 0.05) is 6.54 Å². The van der Waals surface area contributed by atoms with E-state index in [0.717, 1.165) is 25.4 Å². The van der Waals surface area contributed by atoms with E-state index in [9.17, 15) is 0 Å². The van der Waals surface area contributed by atoms with Gasteiger partial charge in [0.05, 0.1) is 6.61 Å². The van der Waals surface area contributed by atoms with Crippen LogP contribution in [-0.2, 0) is 6.54 Å². The van der Waals surface area contributed by atoms with Crippen LogP contribution in [0.15, 0.2) is 12.1 Å². The molecule has 1 rings (SSSR count). The van der Waals surface area contributed by atoms with Crippen molar-refractivity contribution in [1.82, 2.24) is 5.32 Å². The molecule has 0 atom stereocenters. The Bertz CT molecular complexity index is 348. The maximum absolute atomic E-state index is 5.89. The average molecular weight is 249 g/mol. The number of ether oxygens (including phenoxy) is 1. The SMILES string of the molecule is CCCNCc1cc(C)c(OCC(C)C)c(C)c1.